The second kappa shape index (κ2) is 9.66. The number of hydrogen-bond donors (Lipinski definition) is 1. The molecule has 35 heavy (non-hydrogen) atoms. The number of benzene rings is 2. The van der Waals surface area contributed by atoms with Crippen LogP contribution in [0.3, 0.4) is 0 Å². The number of nitrogens with two attached hydrogens (primary N) is 1. The highest BCUT2D eigenvalue weighted by molar-refractivity contribution is 5.97. The van der Waals surface area contributed by atoms with Gasteiger partial charge in [0.25, 0.3) is 5.91 Å². The average molecular weight is 473 g/mol. The second-order valence-corrected chi connectivity index (χ2v) is 9.74. The molecular weight excluding hydrogens is 440 g/mol. The van der Waals surface area contributed by atoms with Crippen molar-refractivity contribution in [2.24, 2.45) is 5.73 Å². The highest BCUT2D eigenvalue weighted by atomic mass is 16.4. The molecule has 0 saturated carbocycles. The van der Waals surface area contributed by atoms with Crippen molar-refractivity contribution in [1.82, 2.24) is 14.8 Å². The summed E-state index contributed by atoms with van der Waals surface area (Å²) in [6.07, 6.45) is 1.52. The molecule has 7 heteroatoms. The van der Waals surface area contributed by atoms with Crippen molar-refractivity contribution in [2.75, 3.05) is 19.6 Å². The molecule has 2 aliphatic heterocycles. The molecule has 182 valence electrons. The molecule has 2 aliphatic rings. The van der Waals surface area contributed by atoms with Crippen LogP contribution in [-0.2, 0) is 4.79 Å². The van der Waals surface area contributed by atoms with Crippen molar-refractivity contribution < 1.29 is 14.0 Å². The summed E-state index contributed by atoms with van der Waals surface area (Å²) in [4.78, 5) is 35.5. The lowest BCUT2D eigenvalue weighted by Gasteiger charge is -2.27. The first kappa shape index (κ1) is 23.3. The van der Waals surface area contributed by atoms with Crippen LogP contribution in [0.4, 0.5) is 0 Å². The topological polar surface area (TPSA) is 92.7 Å². The summed E-state index contributed by atoms with van der Waals surface area (Å²) >= 11 is 0. The lowest BCUT2D eigenvalue weighted by molar-refractivity contribution is -0.134. The Balaban J connectivity index is 1.40. The number of aromatic nitrogens is 1. The normalized spacial score (nSPS) is 23.0. The highest BCUT2D eigenvalue weighted by Gasteiger charge is 2.44. The van der Waals surface area contributed by atoms with Gasteiger partial charge < -0.3 is 20.0 Å². The van der Waals surface area contributed by atoms with E-state index in [0.717, 1.165) is 12.0 Å². The van der Waals surface area contributed by atoms with E-state index in [1.807, 2.05) is 41.3 Å². The van der Waals surface area contributed by atoms with Crippen molar-refractivity contribution in [3.63, 3.8) is 0 Å². The number of amides is 2. The molecule has 2 N–H and O–H groups in total. The molecule has 2 fully saturated rings. The Hall–Kier alpha value is -3.45. The van der Waals surface area contributed by atoms with Gasteiger partial charge in [0.15, 0.2) is 5.69 Å². The summed E-state index contributed by atoms with van der Waals surface area (Å²) in [6.45, 7) is 5.33. The first-order valence-electron chi connectivity index (χ1n) is 12.3. The van der Waals surface area contributed by atoms with Gasteiger partial charge in [-0.05, 0) is 37.8 Å². The van der Waals surface area contributed by atoms with E-state index in [1.54, 1.807) is 18.7 Å². The lowest BCUT2D eigenvalue weighted by atomic mass is 9.96. The maximum atomic E-state index is 13.8. The molecule has 5 rings (SSSR count). The van der Waals surface area contributed by atoms with Gasteiger partial charge in [0.1, 0.15) is 11.8 Å². The Morgan fingerprint density at radius 2 is 1.63 bits per heavy atom. The van der Waals surface area contributed by atoms with Gasteiger partial charge in [-0.2, -0.15) is 0 Å². The van der Waals surface area contributed by atoms with Crippen molar-refractivity contribution >= 4 is 11.8 Å². The van der Waals surface area contributed by atoms with Crippen molar-refractivity contribution in [3.8, 4) is 0 Å². The molecule has 2 saturated heterocycles. The van der Waals surface area contributed by atoms with Crippen molar-refractivity contribution in [3.05, 3.63) is 89.1 Å². The molecular formula is C28H32N4O3. The predicted molar refractivity (Wildman–Crippen MR) is 133 cm³/mol. The predicted octanol–water partition coefficient (Wildman–Crippen LogP) is 4.02. The zero-order chi connectivity index (χ0) is 24.5. The summed E-state index contributed by atoms with van der Waals surface area (Å²) in [7, 11) is 0. The summed E-state index contributed by atoms with van der Waals surface area (Å²) in [5.74, 6) is 0.918. The maximum absolute atomic E-state index is 13.8. The van der Waals surface area contributed by atoms with Gasteiger partial charge >= 0.3 is 0 Å². The molecule has 7 nitrogen and oxygen atoms in total. The van der Waals surface area contributed by atoms with Crippen LogP contribution >= 0.6 is 0 Å². The number of nitrogens with zero attached hydrogens (tertiary/aromatic N) is 3. The van der Waals surface area contributed by atoms with E-state index in [-0.39, 0.29) is 23.4 Å². The van der Waals surface area contributed by atoms with Crippen LogP contribution in [-0.4, -0.2) is 52.3 Å². The second-order valence-electron chi connectivity index (χ2n) is 9.74. The van der Waals surface area contributed by atoms with Gasteiger partial charge in [-0.25, -0.2) is 4.98 Å². The lowest BCUT2D eigenvalue weighted by Crippen LogP contribution is -2.47. The van der Waals surface area contributed by atoms with E-state index >= 15 is 0 Å². The third-order valence-electron chi connectivity index (χ3n) is 7.29. The Morgan fingerprint density at radius 1 is 1.00 bits per heavy atom. The van der Waals surface area contributed by atoms with Gasteiger partial charge in [0.2, 0.25) is 11.8 Å². The molecule has 2 amide bonds. The zero-order valence-electron chi connectivity index (χ0n) is 20.3. The molecule has 2 aromatic carbocycles. The fourth-order valence-electron chi connectivity index (χ4n) is 5.38. The number of carbonyl (C=O) groups excluding carboxylic acids is 2. The monoisotopic (exact) mass is 472 g/mol. The van der Waals surface area contributed by atoms with E-state index in [1.165, 1.54) is 5.56 Å². The van der Waals surface area contributed by atoms with Gasteiger partial charge in [-0.1, -0.05) is 60.7 Å². The first-order valence-corrected chi connectivity index (χ1v) is 12.3. The van der Waals surface area contributed by atoms with Gasteiger partial charge in [-0.15, -0.1) is 0 Å². The summed E-state index contributed by atoms with van der Waals surface area (Å²) in [6, 6.07) is 19.5. The largest absolute Gasteiger partial charge is 0.443 e. The third-order valence-corrected chi connectivity index (χ3v) is 7.29. The Bertz CT molecular complexity index is 1190. The Kier molecular flexibility index (Phi) is 6.43. The fourth-order valence-corrected chi connectivity index (χ4v) is 5.38. The van der Waals surface area contributed by atoms with Gasteiger partial charge in [-0.3, -0.25) is 9.59 Å². The van der Waals surface area contributed by atoms with Crippen LogP contribution < -0.4 is 5.73 Å². The van der Waals surface area contributed by atoms with Crippen molar-refractivity contribution in [1.29, 1.82) is 0 Å². The van der Waals surface area contributed by atoms with Crippen LogP contribution in [0.25, 0.3) is 0 Å². The van der Waals surface area contributed by atoms with Crippen LogP contribution in [0.15, 0.2) is 65.1 Å². The zero-order valence-corrected chi connectivity index (χ0v) is 20.3. The molecule has 1 unspecified atom stereocenters. The standard InChI is InChI=1S/C28H32N4O3/c1-18(29)26-30-25(19(2)35-26)28(34)32-17-23(21-11-7-4-8-12-21)15-24(32)27(33)31-14-13-22(16-31)20-9-5-3-6-10-20/h3-12,18,22-24H,13-17,29H2,1-2H3/t18-,22?,23-,24-/m0/s1. The van der Waals surface area contributed by atoms with E-state index in [0.29, 0.717) is 43.6 Å². The molecule has 3 aromatic rings. The number of hydrogen-bond acceptors (Lipinski definition) is 5. The van der Waals surface area contributed by atoms with E-state index in [9.17, 15) is 9.59 Å². The summed E-state index contributed by atoms with van der Waals surface area (Å²) < 4.78 is 5.65. The van der Waals surface area contributed by atoms with E-state index < -0.39 is 12.1 Å². The maximum Gasteiger partial charge on any atom is 0.276 e. The molecule has 1 aromatic heterocycles. The molecule has 0 spiro atoms. The minimum atomic E-state index is -0.530. The third kappa shape index (κ3) is 4.60. The van der Waals surface area contributed by atoms with Crippen LogP contribution in [0.5, 0.6) is 0 Å². The van der Waals surface area contributed by atoms with Gasteiger partial charge in [0, 0.05) is 31.5 Å². The van der Waals surface area contributed by atoms with Gasteiger partial charge in [0.05, 0.1) is 6.04 Å². The van der Waals surface area contributed by atoms with Crippen LogP contribution in [0, 0.1) is 6.92 Å². The minimum Gasteiger partial charge on any atom is -0.443 e. The fraction of sp³-hybridized carbons (Fsp3) is 0.393. The van der Waals surface area contributed by atoms with Crippen molar-refractivity contribution in [2.45, 2.75) is 50.6 Å². The molecule has 4 atom stereocenters. The smallest absolute Gasteiger partial charge is 0.276 e. The Labute approximate surface area is 205 Å². The number of rotatable bonds is 5. The van der Waals surface area contributed by atoms with E-state index in [2.05, 4.69) is 29.2 Å². The summed E-state index contributed by atoms with van der Waals surface area (Å²) in [5, 5.41) is 0. The quantitative estimate of drug-likeness (QED) is 0.606. The number of likely N-dealkylation sites (tertiary alicyclic amines) is 2. The molecule has 0 radical (unpaired) electrons. The minimum absolute atomic E-state index is 0.0174. The number of carbonyl (C=O) groups is 2. The number of oxazole rings is 1. The van der Waals surface area contributed by atoms with E-state index in [4.69, 9.17) is 10.2 Å². The molecule has 3 heterocycles. The Morgan fingerprint density at radius 3 is 2.23 bits per heavy atom. The first-order chi connectivity index (χ1) is 16.9. The highest BCUT2D eigenvalue weighted by Crippen LogP contribution is 2.36. The summed E-state index contributed by atoms with van der Waals surface area (Å²) in [5.41, 5.74) is 8.56. The van der Waals surface area contributed by atoms with Crippen LogP contribution in [0.1, 0.15) is 70.9 Å². The number of aryl methyl sites for hydroxylation is 1. The van der Waals surface area contributed by atoms with Crippen LogP contribution in [0.2, 0.25) is 0 Å². The SMILES string of the molecule is Cc1oc([C@H](C)N)nc1C(=O)N1C[C@@H](c2ccccc2)C[C@H]1C(=O)N1CCC(c2ccccc2)C1. The molecule has 0 bridgehead atoms. The molecule has 0 aliphatic carbocycles. The average Bonchev–Trinajstić information content (AvgIpc) is 3.63.